The summed E-state index contributed by atoms with van der Waals surface area (Å²) in [6, 6.07) is 22.2. The molecule has 0 saturated heterocycles. The van der Waals surface area contributed by atoms with Gasteiger partial charge in [0.1, 0.15) is 5.75 Å². The normalized spacial score (nSPS) is 14.9. The number of fused-ring (bicyclic) bond motifs is 1. The molecule has 8 nitrogen and oxygen atoms in total. The molecule has 1 unspecified atom stereocenters. The molecule has 1 amide bonds. The average molecular weight is 560 g/mol. The lowest BCUT2D eigenvalue weighted by molar-refractivity contribution is -0.139. The van der Waals surface area contributed by atoms with Gasteiger partial charge in [0, 0.05) is 10.7 Å². The van der Waals surface area contributed by atoms with Crippen LogP contribution >= 0.6 is 22.9 Å². The van der Waals surface area contributed by atoms with Gasteiger partial charge in [0.05, 0.1) is 21.8 Å². The highest BCUT2D eigenvalue weighted by Gasteiger charge is 2.32. The van der Waals surface area contributed by atoms with E-state index in [-0.39, 0.29) is 11.5 Å². The molecule has 1 aromatic heterocycles. The van der Waals surface area contributed by atoms with Crippen molar-refractivity contribution in [1.82, 2.24) is 4.57 Å². The number of benzene rings is 3. The Morgan fingerprint density at radius 1 is 1.10 bits per heavy atom. The average Bonchev–Trinajstić information content (AvgIpc) is 3.22. The molecular formula is C29H22ClN3O5S. The second-order valence-corrected chi connectivity index (χ2v) is 10.2. The Hall–Kier alpha value is -4.47. The van der Waals surface area contributed by atoms with Crippen molar-refractivity contribution in [2.24, 2.45) is 4.99 Å². The molecule has 0 fully saturated rings. The van der Waals surface area contributed by atoms with Gasteiger partial charge >= 0.3 is 5.97 Å². The fourth-order valence-corrected chi connectivity index (χ4v) is 5.46. The van der Waals surface area contributed by atoms with E-state index in [9.17, 15) is 14.4 Å². The number of para-hydroxylation sites is 1. The highest BCUT2D eigenvalue weighted by molar-refractivity contribution is 7.07. The number of hydrogen-bond donors (Lipinski definition) is 2. The number of nitrogens with zero attached hydrogens (tertiary/aromatic N) is 2. The SMILES string of the molecule is CC1=C(C(=O)Nc2ccccc2)C(c2ccc(Cl)cc2)n2c(s/c(=C\c3cccc(OCC(=O)O)c3)c2=O)=N1. The van der Waals surface area contributed by atoms with Gasteiger partial charge in [-0.2, -0.15) is 0 Å². The van der Waals surface area contributed by atoms with E-state index in [4.69, 9.17) is 21.4 Å². The zero-order chi connectivity index (χ0) is 27.5. The number of nitrogens with one attached hydrogen (secondary N) is 1. The van der Waals surface area contributed by atoms with Crippen LogP contribution < -0.4 is 24.9 Å². The fraction of sp³-hybridized carbons (Fsp3) is 0.103. The smallest absolute Gasteiger partial charge is 0.341 e. The number of thiazole rings is 1. The number of hydrogen-bond acceptors (Lipinski definition) is 6. The van der Waals surface area contributed by atoms with Gasteiger partial charge in [0.2, 0.25) is 0 Å². The van der Waals surface area contributed by atoms with Crippen molar-refractivity contribution in [3.63, 3.8) is 0 Å². The molecule has 4 aromatic rings. The summed E-state index contributed by atoms with van der Waals surface area (Å²) in [4.78, 5) is 43.3. The fourth-order valence-electron chi connectivity index (χ4n) is 4.28. The van der Waals surface area contributed by atoms with E-state index in [1.54, 1.807) is 73.7 Å². The Bertz CT molecular complexity index is 1780. The number of carbonyl (C=O) groups excluding carboxylic acids is 1. The highest BCUT2D eigenvalue weighted by atomic mass is 35.5. The number of halogens is 1. The molecule has 1 aliphatic heterocycles. The first kappa shape index (κ1) is 26.1. The topological polar surface area (TPSA) is 110 Å². The largest absolute Gasteiger partial charge is 0.482 e. The number of allylic oxidation sites excluding steroid dienone is 1. The molecule has 1 atom stereocenters. The third kappa shape index (κ3) is 5.69. The molecule has 3 aromatic carbocycles. The number of carboxylic acid groups (broad SMARTS) is 1. The maximum absolute atomic E-state index is 13.8. The summed E-state index contributed by atoms with van der Waals surface area (Å²) in [5.74, 6) is -1.08. The van der Waals surface area contributed by atoms with E-state index >= 15 is 0 Å². The van der Waals surface area contributed by atoms with Gasteiger partial charge in [-0.3, -0.25) is 14.2 Å². The Balaban J connectivity index is 1.61. The van der Waals surface area contributed by atoms with Gasteiger partial charge in [-0.1, -0.05) is 65.4 Å². The summed E-state index contributed by atoms with van der Waals surface area (Å²) in [6.45, 7) is 1.28. The van der Waals surface area contributed by atoms with Gasteiger partial charge in [-0.05, 0) is 60.5 Å². The van der Waals surface area contributed by atoms with Crippen LogP contribution in [-0.2, 0) is 9.59 Å². The van der Waals surface area contributed by atoms with Crippen molar-refractivity contribution in [2.45, 2.75) is 13.0 Å². The minimum Gasteiger partial charge on any atom is -0.482 e. The molecule has 0 radical (unpaired) electrons. The third-order valence-corrected chi connectivity index (χ3v) is 7.24. The van der Waals surface area contributed by atoms with Crippen LogP contribution in [0.25, 0.3) is 6.08 Å². The Kier molecular flexibility index (Phi) is 7.44. The molecule has 39 heavy (non-hydrogen) atoms. The molecule has 5 rings (SSSR count). The lowest BCUT2D eigenvalue weighted by Crippen LogP contribution is -2.40. The second kappa shape index (κ2) is 11.1. The molecule has 196 valence electrons. The van der Waals surface area contributed by atoms with E-state index in [2.05, 4.69) is 10.3 Å². The van der Waals surface area contributed by atoms with E-state index < -0.39 is 18.6 Å². The molecule has 2 heterocycles. The highest BCUT2D eigenvalue weighted by Crippen LogP contribution is 2.31. The van der Waals surface area contributed by atoms with Crippen molar-refractivity contribution >= 4 is 46.6 Å². The molecule has 10 heteroatoms. The van der Waals surface area contributed by atoms with Gasteiger partial charge in [0.25, 0.3) is 11.5 Å². The van der Waals surface area contributed by atoms with Crippen molar-refractivity contribution in [3.05, 3.63) is 126 Å². The number of anilines is 1. The number of carbonyl (C=O) groups is 2. The molecule has 0 spiro atoms. The summed E-state index contributed by atoms with van der Waals surface area (Å²) in [7, 11) is 0. The van der Waals surface area contributed by atoms with Crippen molar-refractivity contribution in [2.75, 3.05) is 11.9 Å². The molecule has 0 aliphatic carbocycles. The predicted octanol–water partition coefficient (Wildman–Crippen LogP) is 3.99. The second-order valence-electron chi connectivity index (χ2n) is 8.71. The molecule has 0 saturated carbocycles. The van der Waals surface area contributed by atoms with E-state index in [1.165, 1.54) is 15.9 Å². The third-order valence-electron chi connectivity index (χ3n) is 6.00. The standard InChI is InChI=1S/C29H22ClN3O5S/c1-17-25(27(36)32-21-7-3-2-4-8-21)26(19-10-12-20(30)13-11-19)33-28(37)23(39-29(33)31-17)15-18-6-5-9-22(14-18)38-16-24(34)35/h2-15,26H,16H2,1H3,(H,32,36)(H,34,35)/b23-15-. The van der Waals surface area contributed by atoms with Crippen LogP contribution in [0.4, 0.5) is 5.69 Å². The lowest BCUT2D eigenvalue weighted by atomic mass is 9.95. The summed E-state index contributed by atoms with van der Waals surface area (Å²) in [5.41, 5.74) is 2.53. The van der Waals surface area contributed by atoms with Crippen LogP contribution in [-0.4, -0.2) is 28.2 Å². The van der Waals surface area contributed by atoms with Crippen LogP contribution in [0.15, 0.2) is 99.9 Å². The molecule has 1 aliphatic rings. The first-order chi connectivity index (χ1) is 18.8. The van der Waals surface area contributed by atoms with Crippen LogP contribution in [0, 0.1) is 0 Å². The molecule has 0 bridgehead atoms. The number of aromatic nitrogens is 1. The Morgan fingerprint density at radius 3 is 2.56 bits per heavy atom. The first-order valence-electron chi connectivity index (χ1n) is 11.9. The van der Waals surface area contributed by atoms with Crippen molar-refractivity contribution in [1.29, 1.82) is 0 Å². The summed E-state index contributed by atoms with van der Waals surface area (Å²) >= 11 is 7.35. The van der Waals surface area contributed by atoms with Gasteiger partial charge in [0.15, 0.2) is 11.4 Å². The van der Waals surface area contributed by atoms with Crippen LogP contribution in [0.5, 0.6) is 5.75 Å². The van der Waals surface area contributed by atoms with E-state index in [0.717, 1.165) is 0 Å². The summed E-state index contributed by atoms with van der Waals surface area (Å²) in [6.07, 6.45) is 1.69. The zero-order valence-corrected chi connectivity index (χ0v) is 22.2. The Labute approximate surface area is 231 Å². The zero-order valence-electron chi connectivity index (χ0n) is 20.6. The number of amides is 1. The van der Waals surface area contributed by atoms with Crippen molar-refractivity contribution < 1.29 is 19.4 Å². The number of aliphatic carboxylic acids is 1. The summed E-state index contributed by atoms with van der Waals surface area (Å²) < 4.78 is 7.19. The predicted molar refractivity (Wildman–Crippen MR) is 150 cm³/mol. The maximum Gasteiger partial charge on any atom is 0.341 e. The van der Waals surface area contributed by atoms with Gasteiger partial charge in [-0.25, -0.2) is 9.79 Å². The maximum atomic E-state index is 13.8. The number of rotatable bonds is 7. The van der Waals surface area contributed by atoms with Crippen LogP contribution in [0.2, 0.25) is 5.02 Å². The van der Waals surface area contributed by atoms with E-state index in [1.807, 2.05) is 18.2 Å². The minimum atomic E-state index is -1.08. The summed E-state index contributed by atoms with van der Waals surface area (Å²) in [5, 5.41) is 12.3. The monoisotopic (exact) mass is 559 g/mol. The lowest BCUT2D eigenvalue weighted by Gasteiger charge is -2.25. The van der Waals surface area contributed by atoms with Crippen LogP contribution in [0.1, 0.15) is 24.1 Å². The van der Waals surface area contributed by atoms with Crippen LogP contribution in [0.3, 0.4) is 0 Å². The van der Waals surface area contributed by atoms with Gasteiger partial charge < -0.3 is 15.2 Å². The van der Waals surface area contributed by atoms with Crippen molar-refractivity contribution in [3.8, 4) is 5.75 Å². The Morgan fingerprint density at radius 2 is 1.85 bits per heavy atom. The van der Waals surface area contributed by atoms with Gasteiger partial charge in [-0.15, -0.1) is 0 Å². The molecular weight excluding hydrogens is 538 g/mol. The number of carboxylic acids is 1. The first-order valence-corrected chi connectivity index (χ1v) is 13.1. The minimum absolute atomic E-state index is 0.312. The number of ether oxygens (including phenoxy) is 1. The quantitative estimate of drug-likeness (QED) is 0.356. The van der Waals surface area contributed by atoms with E-state index in [0.29, 0.717) is 48.2 Å². The molecule has 2 N–H and O–H groups in total.